The molecule has 1 saturated carbocycles. The summed E-state index contributed by atoms with van der Waals surface area (Å²) in [6.07, 6.45) is 1.77. The zero-order chi connectivity index (χ0) is 10.3. The zero-order valence-corrected chi connectivity index (χ0v) is 9.33. The van der Waals surface area contributed by atoms with Crippen LogP contribution in [0.2, 0.25) is 0 Å². The Morgan fingerprint density at radius 1 is 1.62 bits per heavy atom. The summed E-state index contributed by atoms with van der Waals surface area (Å²) in [6, 6.07) is 0. The molecule has 1 rings (SSSR count). The molecule has 0 aromatic heterocycles. The van der Waals surface area contributed by atoms with Crippen molar-refractivity contribution in [2.75, 3.05) is 0 Å². The van der Waals surface area contributed by atoms with Gasteiger partial charge in [-0.15, -0.1) is 0 Å². The van der Waals surface area contributed by atoms with Crippen LogP contribution in [-0.2, 0) is 10.0 Å². The lowest BCUT2D eigenvalue weighted by molar-refractivity contribution is 0.555. The van der Waals surface area contributed by atoms with E-state index in [4.69, 9.17) is 5.73 Å². The van der Waals surface area contributed by atoms with E-state index in [1.54, 1.807) is 0 Å². The molecule has 1 atom stereocenters. The average molecular weight is 222 g/mol. The van der Waals surface area contributed by atoms with Crippen molar-refractivity contribution in [3.05, 3.63) is 0 Å². The summed E-state index contributed by atoms with van der Waals surface area (Å²) >= 11 is 4.63. The molecule has 0 saturated heterocycles. The summed E-state index contributed by atoms with van der Waals surface area (Å²) in [6.45, 7) is 3.37. The summed E-state index contributed by atoms with van der Waals surface area (Å²) in [7, 11) is -3.37. The molecular weight excluding hydrogens is 208 g/mol. The van der Waals surface area contributed by atoms with Crippen LogP contribution in [0, 0.1) is 0 Å². The molecule has 0 radical (unpaired) electrons. The van der Waals surface area contributed by atoms with E-state index in [2.05, 4.69) is 16.9 Å². The zero-order valence-electron chi connectivity index (χ0n) is 7.70. The van der Waals surface area contributed by atoms with Gasteiger partial charge in [0.05, 0.1) is 4.99 Å². The Morgan fingerprint density at radius 2 is 2.08 bits per heavy atom. The predicted octanol–water partition coefficient (Wildman–Crippen LogP) is 0.133. The Balaban J connectivity index is 2.71. The van der Waals surface area contributed by atoms with Crippen LogP contribution in [0.4, 0.5) is 0 Å². The molecule has 76 valence electrons. The van der Waals surface area contributed by atoms with Crippen LogP contribution in [0.25, 0.3) is 0 Å². The lowest BCUT2D eigenvalue weighted by Gasteiger charge is -2.16. The lowest BCUT2D eigenvalue weighted by Crippen LogP contribution is -2.44. The second kappa shape index (κ2) is 3.18. The van der Waals surface area contributed by atoms with Crippen molar-refractivity contribution in [3.63, 3.8) is 0 Å². The van der Waals surface area contributed by atoms with Crippen molar-refractivity contribution < 1.29 is 8.42 Å². The standard InChI is InChI=1S/C7H14N2O2S2/c1-5(6(8)12)13(10,11)9-7(2)3-4-7/h5,9H,3-4H2,1-2H3,(H2,8,12). The van der Waals surface area contributed by atoms with Gasteiger partial charge in [0.2, 0.25) is 10.0 Å². The maximum absolute atomic E-state index is 11.5. The van der Waals surface area contributed by atoms with E-state index in [0.717, 1.165) is 12.8 Å². The van der Waals surface area contributed by atoms with Crippen molar-refractivity contribution in [3.8, 4) is 0 Å². The lowest BCUT2D eigenvalue weighted by atomic mass is 10.4. The average Bonchev–Trinajstić information content (AvgIpc) is 2.64. The second-order valence-electron chi connectivity index (χ2n) is 3.75. The molecule has 4 nitrogen and oxygen atoms in total. The molecule has 1 fully saturated rings. The molecule has 1 unspecified atom stereocenters. The van der Waals surface area contributed by atoms with E-state index in [9.17, 15) is 8.42 Å². The van der Waals surface area contributed by atoms with E-state index >= 15 is 0 Å². The van der Waals surface area contributed by atoms with Gasteiger partial charge < -0.3 is 5.73 Å². The molecule has 0 aromatic carbocycles. The highest BCUT2D eigenvalue weighted by molar-refractivity contribution is 7.93. The van der Waals surface area contributed by atoms with E-state index in [-0.39, 0.29) is 10.5 Å². The fraction of sp³-hybridized carbons (Fsp3) is 0.857. The first-order chi connectivity index (χ1) is 5.77. The van der Waals surface area contributed by atoms with Crippen LogP contribution in [0.3, 0.4) is 0 Å². The molecule has 13 heavy (non-hydrogen) atoms. The SMILES string of the molecule is CC(C(N)=S)S(=O)(=O)NC1(C)CC1. The van der Waals surface area contributed by atoms with Gasteiger partial charge in [-0.25, -0.2) is 13.1 Å². The highest BCUT2D eigenvalue weighted by atomic mass is 32.2. The molecule has 1 aliphatic carbocycles. The molecule has 0 bridgehead atoms. The number of nitrogens with one attached hydrogen (secondary N) is 1. The molecule has 0 aliphatic heterocycles. The summed E-state index contributed by atoms with van der Waals surface area (Å²) in [5, 5.41) is -0.792. The van der Waals surface area contributed by atoms with Crippen LogP contribution in [0.1, 0.15) is 26.7 Å². The molecule has 3 N–H and O–H groups in total. The number of hydrogen-bond acceptors (Lipinski definition) is 3. The van der Waals surface area contributed by atoms with E-state index in [0.29, 0.717) is 0 Å². The Morgan fingerprint density at radius 3 is 2.38 bits per heavy atom. The number of rotatable bonds is 4. The third-order valence-electron chi connectivity index (χ3n) is 2.25. The third kappa shape index (κ3) is 2.62. The molecule has 0 aromatic rings. The number of thiocarbonyl (C=S) groups is 1. The van der Waals surface area contributed by atoms with Crippen molar-refractivity contribution in [2.24, 2.45) is 5.73 Å². The molecule has 1 aliphatic rings. The van der Waals surface area contributed by atoms with E-state index in [1.807, 2.05) is 6.92 Å². The smallest absolute Gasteiger partial charge is 0.221 e. The van der Waals surface area contributed by atoms with Gasteiger partial charge in [-0.3, -0.25) is 0 Å². The number of nitrogens with two attached hydrogens (primary N) is 1. The van der Waals surface area contributed by atoms with Crippen LogP contribution in [0.15, 0.2) is 0 Å². The summed E-state index contributed by atoms with van der Waals surface area (Å²) in [4.78, 5) is 0.0109. The van der Waals surface area contributed by atoms with Gasteiger partial charge in [-0.05, 0) is 26.7 Å². The predicted molar refractivity (Wildman–Crippen MR) is 55.9 cm³/mol. The first-order valence-electron chi connectivity index (χ1n) is 4.09. The van der Waals surface area contributed by atoms with Gasteiger partial charge in [0.1, 0.15) is 5.25 Å². The first kappa shape index (κ1) is 10.9. The number of sulfonamides is 1. The number of hydrogen-bond donors (Lipinski definition) is 2. The van der Waals surface area contributed by atoms with Gasteiger partial charge in [-0.2, -0.15) is 0 Å². The minimum Gasteiger partial charge on any atom is -0.392 e. The van der Waals surface area contributed by atoms with Gasteiger partial charge in [0.15, 0.2) is 0 Å². The Kier molecular flexibility index (Phi) is 2.66. The summed E-state index contributed by atoms with van der Waals surface area (Å²) < 4.78 is 25.7. The Hall–Kier alpha value is -0.200. The van der Waals surface area contributed by atoms with Gasteiger partial charge in [0, 0.05) is 5.54 Å². The largest absolute Gasteiger partial charge is 0.392 e. The van der Waals surface area contributed by atoms with E-state index < -0.39 is 15.3 Å². The van der Waals surface area contributed by atoms with Crippen LogP contribution in [-0.4, -0.2) is 24.2 Å². The van der Waals surface area contributed by atoms with Gasteiger partial charge >= 0.3 is 0 Å². The highest BCUT2D eigenvalue weighted by Gasteiger charge is 2.42. The highest BCUT2D eigenvalue weighted by Crippen LogP contribution is 2.35. The molecule has 6 heteroatoms. The van der Waals surface area contributed by atoms with Crippen LogP contribution < -0.4 is 10.5 Å². The van der Waals surface area contributed by atoms with Gasteiger partial charge in [0.25, 0.3) is 0 Å². The molecular formula is C7H14N2O2S2. The summed E-state index contributed by atoms with van der Waals surface area (Å²) in [5.41, 5.74) is 5.02. The van der Waals surface area contributed by atoms with Crippen LogP contribution in [0.5, 0.6) is 0 Å². The summed E-state index contributed by atoms with van der Waals surface area (Å²) in [5.74, 6) is 0. The fourth-order valence-electron chi connectivity index (χ4n) is 0.874. The van der Waals surface area contributed by atoms with E-state index in [1.165, 1.54) is 6.92 Å². The quantitative estimate of drug-likeness (QED) is 0.663. The minimum absolute atomic E-state index is 0.0109. The van der Waals surface area contributed by atoms with Crippen molar-refractivity contribution >= 4 is 27.2 Å². The van der Waals surface area contributed by atoms with Crippen LogP contribution >= 0.6 is 12.2 Å². The Bertz CT molecular complexity index is 319. The molecule has 0 amide bonds. The first-order valence-corrected chi connectivity index (χ1v) is 6.04. The van der Waals surface area contributed by atoms with Crippen molar-refractivity contribution in [1.29, 1.82) is 0 Å². The van der Waals surface area contributed by atoms with Gasteiger partial charge in [-0.1, -0.05) is 12.2 Å². The normalized spacial score (nSPS) is 22.3. The monoisotopic (exact) mass is 222 g/mol. The second-order valence-corrected chi connectivity index (χ2v) is 6.22. The Labute approximate surface area is 83.9 Å². The molecule has 0 heterocycles. The molecule has 0 spiro atoms. The van der Waals surface area contributed by atoms with Crippen molar-refractivity contribution in [1.82, 2.24) is 4.72 Å². The van der Waals surface area contributed by atoms with Crippen molar-refractivity contribution in [2.45, 2.75) is 37.5 Å². The maximum atomic E-state index is 11.5. The fourth-order valence-corrected chi connectivity index (χ4v) is 2.63. The minimum atomic E-state index is -3.37. The maximum Gasteiger partial charge on any atom is 0.221 e. The third-order valence-corrected chi connectivity index (χ3v) is 4.72. The topological polar surface area (TPSA) is 72.2 Å².